The lowest BCUT2D eigenvalue weighted by Gasteiger charge is -2.40. The first kappa shape index (κ1) is 26.7. The molecule has 2 N–H and O–H groups in total. The maximum atomic E-state index is 11.5. The Balaban J connectivity index is 1.62. The van der Waals surface area contributed by atoms with Crippen LogP contribution >= 0.6 is 11.6 Å². The highest BCUT2D eigenvalue weighted by Gasteiger charge is 2.44. The Morgan fingerprint density at radius 1 is 1.15 bits per heavy atom. The Labute approximate surface area is 210 Å². The van der Waals surface area contributed by atoms with E-state index in [1.165, 1.54) is 7.11 Å². The maximum absolute atomic E-state index is 11.5. The molecule has 1 aliphatic carbocycles. The first-order valence-corrected chi connectivity index (χ1v) is 15.3. The maximum Gasteiger partial charge on any atom is 0.309 e. The number of ether oxygens (including phenoxy) is 1. The van der Waals surface area contributed by atoms with Crippen LogP contribution in [0, 0.1) is 0 Å². The van der Waals surface area contributed by atoms with Gasteiger partial charge in [0.25, 0.3) is 0 Å². The smallest absolute Gasteiger partial charge is 0.309 e. The van der Waals surface area contributed by atoms with E-state index < -0.39 is 8.32 Å². The van der Waals surface area contributed by atoms with Gasteiger partial charge in [0, 0.05) is 29.3 Å². The van der Waals surface area contributed by atoms with Crippen molar-refractivity contribution < 1.29 is 14.0 Å². The molecular weight excluding hydrogens is 464 g/mol. The number of benzene rings is 2. The van der Waals surface area contributed by atoms with Gasteiger partial charge in [0.2, 0.25) is 0 Å². The van der Waals surface area contributed by atoms with Crippen molar-refractivity contribution in [2.45, 2.75) is 69.8 Å². The zero-order valence-corrected chi connectivity index (χ0v) is 23.1. The molecule has 186 valence electrons. The van der Waals surface area contributed by atoms with Crippen LogP contribution in [-0.2, 0) is 20.4 Å². The molecule has 1 aliphatic rings. The van der Waals surface area contributed by atoms with Gasteiger partial charge in [-0.25, -0.2) is 0 Å². The van der Waals surface area contributed by atoms with E-state index in [-0.39, 0.29) is 22.7 Å². The van der Waals surface area contributed by atoms with Gasteiger partial charge in [-0.15, -0.1) is 0 Å². The summed E-state index contributed by atoms with van der Waals surface area (Å²) in [4.78, 5) is 11.5. The number of esters is 1. The van der Waals surface area contributed by atoms with Gasteiger partial charge >= 0.3 is 5.97 Å². The van der Waals surface area contributed by atoms with Crippen LogP contribution in [0.2, 0.25) is 23.2 Å². The van der Waals surface area contributed by atoms with E-state index in [2.05, 4.69) is 50.6 Å². The third kappa shape index (κ3) is 7.32. The quantitative estimate of drug-likeness (QED) is 0.277. The zero-order valence-electron chi connectivity index (χ0n) is 21.3. The van der Waals surface area contributed by atoms with Crippen molar-refractivity contribution >= 4 is 31.6 Å². The predicted molar refractivity (Wildman–Crippen MR) is 143 cm³/mol. The van der Waals surface area contributed by atoms with Crippen molar-refractivity contribution in [3.8, 4) is 0 Å². The number of nitrogens with one attached hydrogen (secondary N) is 2. The minimum atomic E-state index is -1.97. The standard InChI is InChI=1S/C27H39ClN2O3Si/c1-26(2,3)34(5,6)33-24(21-8-7-9-22(28)17-21)18-30-27(14-15-27)19-29-23-12-10-20(11-13-23)16-25(31)32-4/h7-13,17,24,29-30H,14-16,18-19H2,1-6H3. The van der Waals surface area contributed by atoms with Gasteiger partial charge in [0.15, 0.2) is 8.32 Å². The largest absolute Gasteiger partial charge is 0.469 e. The second-order valence-corrected chi connectivity index (χ2v) is 16.1. The van der Waals surface area contributed by atoms with Crippen molar-refractivity contribution in [3.05, 3.63) is 64.7 Å². The summed E-state index contributed by atoms with van der Waals surface area (Å²) >= 11 is 6.32. The van der Waals surface area contributed by atoms with Crippen molar-refractivity contribution in [1.29, 1.82) is 0 Å². The van der Waals surface area contributed by atoms with Crippen LogP contribution < -0.4 is 10.6 Å². The second-order valence-electron chi connectivity index (χ2n) is 10.9. The van der Waals surface area contributed by atoms with Gasteiger partial charge in [-0.05, 0) is 66.4 Å². The summed E-state index contributed by atoms with van der Waals surface area (Å²) in [5, 5.41) is 8.23. The van der Waals surface area contributed by atoms with E-state index in [4.69, 9.17) is 20.8 Å². The predicted octanol–water partition coefficient (Wildman–Crippen LogP) is 6.35. The van der Waals surface area contributed by atoms with E-state index in [0.717, 1.165) is 47.8 Å². The molecule has 1 fully saturated rings. The summed E-state index contributed by atoms with van der Waals surface area (Å²) < 4.78 is 11.6. The first-order chi connectivity index (χ1) is 15.9. The monoisotopic (exact) mass is 502 g/mol. The fourth-order valence-electron chi connectivity index (χ4n) is 3.59. The molecule has 1 unspecified atom stereocenters. The topological polar surface area (TPSA) is 59.6 Å². The summed E-state index contributed by atoms with van der Waals surface area (Å²) in [6.45, 7) is 13.0. The molecule has 0 radical (unpaired) electrons. The third-order valence-electron chi connectivity index (χ3n) is 7.14. The number of carbonyl (C=O) groups excluding carboxylic acids is 1. The van der Waals surface area contributed by atoms with Gasteiger partial charge in [-0.2, -0.15) is 0 Å². The molecule has 34 heavy (non-hydrogen) atoms. The Bertz CT molecular complexity index is 969. The van der Waals surface area contributed by atoms with Gasteiger partial charge in [0.1, 0.15) is 0 Å². The van der Waals surface area contributed by atoms with Gasteiger partial charge < -0.3 is 19.8 Å². The lowest BCUT2D eigenvalue weighted by molar-refractivity contribution is -0.139. The number of carbonyl (C=O) groups is 1. The second kappa shape index (κ2) is 10.8. The van der Waals surface area contributed by atoms with E-state index in [1.807, 2.05) is 42.5 Å². The molecule has 3 rings (SSSR count). The molecule has 1 saturated carbocycles. The zero-order chi connectivity index (χ0) is 25.0. The van der Waals surface area contributed by atoms with Crippen LogP contribution in [0.15, 0.2) is 48.5 Å². The average molecular weight is 503 g/mol. The summed E-state index contributed by atoms with van der Waals surface area (Å²) in [5.41, 5.74) is 3.18. The lowest BCUT2D eigenvalue weighted by Crippen LogP contribution is -2.46. The van der Waals surface area contributed by atoms with Crippen molar-refractivity contribution in [3.63, 3.8) is 0 Å². The molecule has 0 bridgehead atoms. The minimum Gasteiger partial charge on any atom is -0.469 e. The first-order valence-electron chi connectivity index (χ1n) is 12.0. The molecule has 0 aromatic heterocycles. The number of rotatable bonds is 11. The van der Waals surface area contributed by atoms with Gasteiger partial charge in [-0.3, -0.25) is 4.79 Å². The summed E-state index contributed by atoms with van der Waals surface area (Å²) in [6.07, 6.45) is 2.50. The number of hydrogen-bond acceptors (Lipinski definition) is 5. The molecule has 5 nitrogen and oxygen atoms in total. The highest BCUT2D eigenvalue weighted by molar-refractivity contribution is 6.74. The molecule has 0 saturated heterocycles. The third-order valence-corrected chi connectivity index (χ3v) is 11.9. The Hall–Kier alpha value is -1.86. The van der Waals surface area contributed by atoms with Crippen LogP contribution in [0.25, 0.3) is 0 Å². The fourth-order valence-corrected chi connectivity index (χ4v) is 5.08. The van der Waals surface area contributed by atoms with E-state index in [0.29, 0.717) is 6.42 Å². The van der Waals surface area contributed by atoms with Crippen LogP contribution in [0.5, 0.6) is 0 Å². The molecule has 7 heteroatoms. The van der Waals surface area contributed by atoms with Crippen LogP contribution in [0.1, 0.15) is 50.8 Å². The van der Waals surface area contributed by atoms with Gasteiger partial charge in [0.05, 0.1) is 19.6 Å². The van der Waals surface area contributed by atoms with Crippen LogP contribution in [0.3, 0.4) is 0 Å². The SMILES string of the molecule is COC(=O)Cc1ccc(NCC2(NCC(O[Si](C)(C)C(C)(C)C)c3cccc(Cl)c3)CC2)cc1. The fraction of sp³-hybridized carbons (Fsp3) is 0.519. The molecular formula is C27H39ClN2O3Si. The lowest BCUT2D eigenvalue weighted by atomic mass is 10.1. The van der Waals surface area contributed by atoms with E-state index in [1.54, 1.807) is 0 Å². The molecule has 2 aromatic rings. The Morgan fingerprint density at radius 3 is 2.38 bits per heavy atom. The van der Waals surface area contributed by atoms with Gasteiger partial charge in [-0.1, -0.05) is 56.6 Å². The summed E-state index contributed by atoms with van der Waals surface area (Å²) in [6, 6.07) is 16.0. The van der Waals surface area contributed by atoms with E-state index >= 15 is 0 Å². The van der Waals surface area contributed by atoms with E-state index in [9.17, 15) is 4.79 Å². The Kier molecular flexibility index (Phi) is 8.50. The highest BCUT2D eigenvalue weighted by atomic mass is 35.5. The number of halogens is 1. The molecule has 0 aliphatic heterocycles. The van der Waals surface area contributed by atoms with Crippen molar-refractivity contribution in [1.82, 2.24) is 5.32 Å². The highest BCUT2D eigenvalue weighted by Crippen LogP contribution is 2.41. The molecule has 0 spiro atoms. The summed E-state index contributed by atoms with van der Waals surface area (Å²) in [5.74, 6) is -0.226. The Morgan fingerprint density at radius 2 is 1.82 bits per heavy atom. The average Bonchev–Trinajstić information content (AvgIpc) is 3.55. The van der Waals surface area contributed by atoms with Crippen LogP contribution in [-0.4, -0.2) is 40.0 Å². The summed E-state index contributed by atoms with van der Waals surface area (Å²) in [7, 11) is -0.556. The number of hydrogen-bond donors (Lipinski definition) is 2. The molecule has 0 heterocycles. The molecule has 1 atom stereocenters. The van der Waals surface area contributed by atoms with Crippen LogP contribution in [0.4, 0.5) is 5.69 Å². The molecule has 2 aromatic carbocycles. The van der Waals surface area contributed by atoms with Crippen molar-refractivity contribution in [2.75, 3.05) is 25.5 Å². The van der Waals surface area contributed by atoms with Crippen molar-refractivity contribution in [2.24, 2.45) is 0 Å². The number of anilines is 1. The molecule has 0 amide bonds. The normalized spacial score (nSPS) is 16.1. The number of methoxy groups -OCH3 is 1. The minimum absolute atomic E-state index is 0.0466.